The lowest BCUT2D eigenvalue weighted by atomic mass is 9.86. The zero-order valence-corrected chi connectivity index (χ0v) is 14.7. The molecule has 3 nitrogen and oxygen atoms in total. The van der Waals surface area contributed by atoms with E-state index in [1.54, 1.807) is 20.8 Å². The Balaban J connectivity index is 3.69. The summed E-state index contributed by atoms with van der Waals surface area (Å²) in [5, 5.41) is 30.1. The third-order valence-corrected chi connectivity index (χ3v) is 4.29. The zero-order chi connectivity index (χ0) is 16.4. The fraction of sp³-hybridized carbons (Fsp3) is 1.00. The predicted molar refractivity (Wildman–Crippen MR) is 89.4 cm³/mol. The van der Waals surface area contributed by atoms with E-state index in [-0.39, 0.29) is 0 Å². The van der Waals surface area contributed by atoms with Crippen LogP contribution in [0.2, 0.25) is 0 Å². The van der Waals surface area contributed by atoms with Crippen molar-refractivity contribution >= 4 is 0 Å². The van der Waals surface area contributed by atoms with Crippen molar-refractivity contribution in [3.05, 3.63) is 0 Å². The van der Waals surface area contributed by atoms with E-state index in [9.17, 15) is 15.3 Å². The molecule has 128 valence electrons. The van der Waals surface area contributed by atoms with Gasteiger partial charge in [-0.05, 0) is 40.0 Å². The van der Waals surface area contributed by atoms with Crippen LogP contribution in [0.25, 0.3) is 0 Å². The molecule has 0 fully saturated rings. The van der Waals surface area contributed by atoms with Gasteiger partial charge in [0.1, 0.15) is 0 Å². The van der Waals surface area contributed by atoms with Crippen molar-refractivity contribution in [2.45, 2.75) is 116 Å². The Morgan fingerprint density at radius 1 is 0.762 bits per heavy atom. The Labute approximate surface area is 131 Å². The van der Waals surface area contributed by atoms with E-state index in [1.807, 2.05) is 0 Å². The van der Waals surface area contributed by atoms with E-state index in [0.717, 1.165) is 12.8 Å². The lowest BCUT2D eigenvalue weighted by Gasteiger charge is -2.31. The fourth-order valence-electron chi connectivity index (χ4n) is 2.51. The first-order valence-corrected chi connectivity index (χ1v) is 8.82. The largest absolute Gasteiger partial charge is 0.390 e. The van der Waals surface area contributed by atoms with Crippen molar-refractivity contribution in [2.75, 3.05) is 0 Å². The average molecular weight is 302 g/mol. The molecule has 0 aliphatic heterocycles. The quantitative estimate of drug-likeness (QED) is 0.447. The number of hydrogen-bond donors (Lipinski definition) is 3. The van der Waals surface area contributed by atoms with E-state index >= 15 is 0 Å². The summed E-state index contributed by atoms with van der Waals surface area (Å²) < 4.78 is 0. The molecule has 0 aromatic heterocycles. The summed E-state index contributed by atoms with van der Waals surface area (Å²) in [6.45, 7) is 7.36. The normalized spacial score (nSPS) is 16.7. The van der Waals surface area contributed by atoms with Gasteiger partial charge in [-0.2, -0.15) is 0 Å². The molecule has 3 heteroatoms. The smallest absolute Gasteiger partial charge is 0.0878 e. The molecule has 2 unspecified atom stereocenters. The summed E-state index contributed by atoms with van der Waals surface area (Å²) in [5.41, 5.74) is -1.89. The molecule has 21 heavy (non-hydrogen) atoms. The van der Waals surface area contributed by atoms with Gasteiger partial charge >= 0.3 is 0 Å². The molecule has 0 heterocycles. The minimum Gasteiger partial charge on any atom is -0.390 e. The van der Waals surface area contributed by atoms with Gasteiger partial charge in [0.05, 0.1) is 17.3 Å². The highest BCUT2D eigenvalue weighted by molar-refractivity contribution is 4.84. The summed E-state index contributed by atoms with van der Waals surface area (Å²) in [5.74, 6) is 0. The first-order chi connectivity index (χ1) is 9.69. The Kier molecular flexibility index (Phi) is 10.5. The maximum absolute atomic E-state index is 10.3. The molecule has 0 aliphatic rings. The molecule has 0 aromatic carbocycles. The van der Waals surface area contributed by atoms with Gasteiger partial charge in [0, 0.05) is 0 Å². The topological polar surface area (TPSA) is 60.7 Å². The minimum absolute atomic E-state index is 0.425. The molecular weight excluding hydrogens is 264 g/mol. The second-order valence-electron chi connectivity index (χ2n) is 7.45. The van der Waals surface area contributed by atoms with Gasteiger partial charge in [0.2, 0.25) is 0 Å². The van der Waals surface area contributed by atoms with Gasteiger partial charge in [-0.25, -0.2) is 0 Å². The van der Waals surface area contributed by atoms with Crippen LogP contribution in [0, 0.1) is 0 Å². The summed E-state index contributed by atoms with van der Waals surface area (Å²) in [6.07, 6.45) is 10.8. The molecular formula is C18H38O3. The lowest BCUT2D eigenvalue weighted by molar-refractivity contribution is -0.0825. The minimum atomic E-state index is -1.10. The van der Waals surface area contributed by atoms with Gasteiger partial charge in [-0.1, -0.05) is 58.3 Å². The molecule has 3 N–H and O–H groups in total. The summed E-state index contributed by atoms with van der Waals surface area (Å²) in [4.78, 5) is 0. The van der Waals surface area contributed by atoms with E-state index in [4.69, 9.17) is 0 Å². The van der Waals surface area contributed by atoms with Gasteiger partial charge in [0.15, 0.2) is 0 Å². The molecule has 0 saturated carbocycles. The average Bonchev–Trinajstić information content (AvgIpc) is 2.38. The van der Waals surface area contributed by atoms with Gasteiger partial charge < -0.3 is 15.3 Å². The second kappa shape index (κ2) is 10.6. The van der Waals surface area contributed by atoms with Crippen LogP contribution in [0.5, 0.6) is 0 Å². The third kappa shape index (κ3) is 12.1. The van der Waals surface area contributed by atoms with E-state index in [0.29, 0.717) is 19.3 Å². The highest BCUT2D eigenvalue weighted by atomic mass is 16.3. The maximum Gasteiger partial charge on any atom is 0.0878 e. The van der Waals surface area contributed by atoms with Gasteiger partial charge in [0.25, 0.3) is 0 Å². The molecule has 0 saturated heterocycles. The Morgan fingerprint density at radius 3 is 1.71 bits per heavy atom. The van der Waals surface area contributed by atoms with Crippen molar-refractivity contribution < 1.29 is 15.3 Å². The lowest BCUT2D eigenvalue weighted by Crippen LogP contribution is -2.40. The van der Waals surface area contributed by atoms with Crippen molar-refractivity contribution in [3.8, 4) is 0 Å². The Hall–Kier alpha value is -0.120. The molecule has 0 bridgehead atoms. The van der Waals surface area contributed by atoms with Crippen LogP contribution in [0.1, 0.15) is 98.3 Å². The van der Waals surface area contributed by atoms with E-state index < -0.39 is 17.3 Å². The predicted octanol–water partition coefficient (Wildman–Crippen LogP) is 4.18. The maximum atomic E-state index is 10.3. The number of hydrogen-bond acceptors (Lipinski definition) is 3. The first kappa shape index (κ1) is 20.9. The highest BCUT2D eigenvalue weighted by Gasteiger charge is 2.31. The van der Waals surface area contributed by atoms with Crippen LogP contribution in [0.4, 0.5) is 0 Å². The molecule has 2 atom stereocenters. The molecule has 0 aliphatic carbocycles. The number of rotatable bonds is 13. The molecule has 0 amide bonds. The van der Waals surface area contributed by atoms with Crippen molar-refractivity contribution in [2.24, 2.45) is 0 Å². The van der Waals surface area contributed by atoms with Crippen molar-refractivity contribution in [1.29, 1.82) is 0 Å². The van der Waals surface area contributed by atoms with Crippen LogP contribution in [-0.4, -0.2) is 32.6 Å². The van der Waals surface area contributed by atoms with Crippen molar-refractivity contribution in [1.82, 2.24) is 0 Å². The van der Waals surface area contributed by atoms with Crippen LogP contribution >= 0.6 is 0 Å². The standard InChI is InChI=1S/C18H38O3/c1-5-6-7-8-9-10-11-12-13-16(19)18(4,21)15-14-17(2,3)20/h16,19-21H,5-15H2,1-4H3. The molecule has 0 spiro atoms. The van der Waals surface area contributed by atoms with Crippen LogP contribution in [0.15, 0.2) is 0 Å². The number of aliphatic hydroxyl groups is 3. The van der Waals surface area contributed by atoms with Crippen LogP contribution in [0.3, 0.4) is 0 Å². The van der Waals surface area contributed by atoms with Crippen molar-refractivity contribution in [3.63, 3.8) is 0 Å². The Bertz CT molecular complexity index is 243. The number of unbranched alkanes of at least 4 members (excludes halogenated alkanes) is 7. The van der Waals surface area contributed by atoms with Crippen LogP contribution in [-0.2, 0) is 0 Å². The Morgan fingerprint density at radius 2 is 1.24 bits per heavy atom. The molecule has 0 rings (SSSR count). The van der Waals surface area contributed by atoms with E-state index in [2.05, 4.69) is 6.92 Å². The monoisotopic (exact) mass is 302 g/mol. The molecule has 0 radical (unpaired) electrons. The second-order valence-corrected chi connectivity index (χ2v) is 7.45. The van der Waals surface area contributed by atoms with E-state index in [1.165, 1.54) is 38.5 Å². The highest BCUT2D eigenvalue weighted by Crippen LogP contribution is 2.25. The van der Waals surface area contributed by atoms with Gasteiger partial charge in [-0.3, -0.25) is 0 Å². The fourth-order valence-corrected chi connectivity index (χ4v) is 2.51. The summed E-state index contributed by atoms with van der Waals surface area (Å²) in [6, 6.07) is 0. The third-order valence-electron chi connectivity index (χ3n) is 4.29. The SMILES string of the molecule is CCCCCCCCCCC(O)C(C)(O)CCC(C)(C)O. The van der Waals surface area contributed by atoms with Crippen LogP contribution < -0.4 is 0 Å². The summed E-state index contributed by atoms with van der Waals surface area (Å²) in [7, 11) is 0. The molecule has 0 aromatic rings. The summed E-state index contributed by atoms with van der Waals surface area (Å²) >= 11 is 0. The zero-order valence-electron chi connectivity index (χ0n) is 14.7. The first-order valence-electron chi connectivity index (χ1n) is 8.82. The number of aliphatic hydroxyl groups excluding tert-OH is 1. The van der Waals surface area contributed by atoms with Gasteiger partial charge in [-0.15, -0.1) is 0 Å².